The van der Waals surface area contributed by atoms with Crippen LogP contribution in [0.2, 0.25) is 0 Å². The summed E-state index contributed by atoms with van der Waals surface area (Å²) in [5.74, 6) is 0. The van der Waals surface area contributed by atoms with Crippen LogP contribution in [0.15, 0.2) is 233 Å². The average Bonchev–Trinajstić information content (AvgIpc) is 4.01. The molecule has 0 amide bonds. The Kier molecular flexibility index (Phi) is 7.32. The minimum absolute atomic E-state index is 0.701. The highest BCUT2D eigenvalue weighted by molar-refractivity contribution is 6.16. The average molecular weight is 816 g/mol. The molecule has 14 rings (SSSR count). The molecule has 3 heteroatoms. The fourth-order valence-electron chi connectivity index (χ4n) is 11.3. The van der Waals surface area contributed by atoms with E-state index in [9.17, 15) is 0 Å². The zero-order valence-electron chi connectivity index (χ0n) is 34.6. The first-order valence-electron chi connectivity index (χ1n) is 22.0. The molecule has 10 aromatic carbocycles. The summed E-state index contributed by atoms with van der Waals surface area (Å²) in [5.41, 5.74) is 20.6. The molecule has 298 valence electrons. The highest BCUT2D eigenvalue weighted by Gasteiger charge is 2.50. The van der Waals surface area contributed by atoms with Crippen molar-refractivity contribution in [2.75, 3.05) is 4.90 Å². The van der Waals surface area contributed by atoms with Crippen LogP contribution in [0.25, 0.3) is 88.4 Å². The minimum atomic E-state index is -0.701. The molecule has 2 heterocycles. The zero-order valence-corrected chi connectivity index (χ0v) is 34.6. The molecule has 12 aromatic rings. The number of para-hydroxylation sites is 3. The lowest BCUT2D eigenvalue weighted by molar-refractivity contribution is 0.668. The van der Waals surface area contributed by atoms with Crippen LogP contribution < -0.4 is 4.90 Å². The predicted octanol–water partition coefficient (Wildman–Crippen LogP) is 16.6. The molecule has 0 fully saturated rings. The highest BCUT2D eigenvalue weighted by Crippen LogP contribution is 2.63. The first-order valence-corrected chi connectivity index (χ1v) is 22.0. The Hall–Kier alpha value is -8.40. The van der Waals surface area contributed by atoms with Crippen LogP contribution in [0.1, 0.15) is 22.3 Å². The molecule has 0 saturated carbocycles. The molecule has 0 radical (unpaired) electrons. The third kappa shape index (κ3) is 4.76. The molecule has 0 bridgehead atoms. The van der Waals surface area contributed by atoms with Gasteiger partial charge in [-0.15, -0.1) is 0 Å². The van der Waals surface area contributed by atoms with Crippen LogP contribution in [0.4, 0.5) is 17.1 Å². The second-order valence-corrected chi connectivity index (χ2v) is 17.1. The standard InChI is InChI=1S/C61H37NO2/c1-2-15-38(16-3-1)39-29-31-40(32-30-39)62(54-26-14-23-47-46-20-8-12-27-55(46)64-60(47)54)41-33-34-45-43-18-5-4-17-42(43)44-19-6-10-24-50(44)61(53(45)37-41)51-25-11-7-21-48(51)58-52(61)35-36-57-59(58)49-22-9-13-28-56(49)63-57/h1-37H. The largest absolute Gasteiger partial charge is 0.456 e. The van der Waals surface area contributed by atoms with Crippen molar-refractivity contribution in [3.8, 4) is 44.5 Å². The van der Waals surface area contributed by atoms with Gasteiger partial charge in [-0.2, -0.15) is 0 Å². The normalized spacial score (nSPS) is 14.6. The summed E-state index contributed by atoms with van der Waals surface area (Å²) in [5, 5.41) is 4.48. The van der Waals surface area contributed by atoms with E-state index in [2.05, 4.69) is 223 Å². The van der Waals surface area contributed by atoms with Crippen molar-refractivity contribution in [1.29, 1.82) is 0 Å². The van der Waals surface area contributed by atoms with Crippen molar-refractivity contribution in [2.24, 2.45) is 0 Å². The van der Waals surface area contributed by atoms with E-state index in [0.717, 1.165) is 66.5 Å². The van der Waals surface area contributed by atoms with Gasteiger partial charge >= 0.3 is 0 Å². The lowest BCUT2D eigenvalue weighted by atomic mass is 9.65. The molecule has 1 atom stereocenters. The van der Waals surface area contributed by atoms with Gasteiger partial charge in [0.05, 0.1) is 11.1 Å². The zero-order chi connectivity index (χ0) is 41.9. The third-order valence-electron chi connectivity index (χ3n) is 13.9. The Morgan fingerprint density at radius 1 is 0.328 bits per heavy atom. The summed E-state index contributed by atoms with van der Waals surface area (Å²) in [4.78, 5) is 2.39. The molecule has 64 heavy (non-hydrogen) atoms. The van der Waals surface area contributed by atoms with Gasteiger partial charge < -0.3 is 13.7 Å². The Labute approximate surface area is 369 Å². The number of hydrogen-bond donors (Lipinski definition) is 0. The number of anilines is 3. The SMILES string of the molecule is c1ccc(-c2ccc(N(c3ccc4c(c3)C3(c5ccccc5-c5ccccc5-4)c4ccccc4-c4c3ccc3oc5ccccc5c43)c3cccc4c3oc3ccccc34)cc2)cc1. The first-order chi connectivity index (χ1) is 31.8. The quantitative estimate of drug-likeness (QED) is 0.177. The highest BCUT2D eigenvalue weighted by atomic mass is 16.3. The predicted molar refractivity (Wildman–Crippen MR) is 263 cm³/mol. The van der Waals surface area contributed by atoms with Gasteiger partial charge in [-0.05, 0) is 115 Å². The first kappa shape index (κ1) is 35.2. The summed E-state index contributed by atoms with van der Waals surface area (Å²) in [6.07, 6.45) is 0. The van der Waals surface area contributed by atoms with E-state index in [1.807, 2.05) is 6.07 Å². The lowest BCUT2D eigenvalue weighted by Gasteiger charge is -2.36. The Morgan fingerprint density at radius 3 is 1.69 bits per heavy atom. The Balaban J connectivity index is 1.11. The summed E-state index contributed by atoms with van der Waals surface area (Å²) in [6, 6.07) is 81.7. The van der Waals surface area contributed by atoms with Gasteiger partial charge in [-0.25, -0.2) is 0 Å². The number of furan rings is 2. The number of nitrogens with zero attached hydrogens (tertiary/aromatic N) is 1. The fourth-order valence-corrected chi connectivity index (χ4v) is 11.3. The third-order valence-corrected chi connectivity index (χ3v) is 13.9. The summed E-state index contributed by atoms with van der Waals surface area (Å²) < 4.78 is 13.4. The maximum Gasteiger partial charge on any atom is 0.159 e. The van der Waals surface area contributed by atoms with Crippen molar-refractivity contribution in [3.63, 3.8) is 0 Å². The molecule has 0 aliphatic heterocycles. The maximum absolute atomic E-state index is 6.83. The second kappa shape index (κ2) is 13.3. The van der Waals surface area contributed by atoms with Crippen molar-refractivity contribution >= 4 is 60.9 Å². The molecule has 2 aliphatic carbocycles. The van der Waals surface area contributed by atoms with E-state index in [1.54, 1.807) is 0 Å². The van der Waals surface area contributed by atoms with Gasteiger partial charge in [-0.1, -0.05) is 176 Å². The number of benzene rings is 10. The van der Waals surface area contributed by atoms with E-state index < -0.39 is 5.41 Å². The van der Waals surface area contributed by atoms with Gasteiger partial charge in [0.2, 0.25) is 0 Å². The lowest BCUT2D eigenvalue weighted by Crippen LogP contribution is -2.29. The molecule has 2 aromatic heterocycles. The maximum atomic E-state index is 6.83. The van der Waals surface area contributed by atoms with Gasteiger partial charge in [0.15, 0.2) is 5.58 Å². The fraction of sp³-hybridized carbons (Fsp3) is 0.0164. The summed E-state index contributed by atoms with van der Waals surface area (Å²) >= 11 is 0. The van der Waals surface area contributed by atoms with Crippen molar-refractivity contribution in [2.45, 2.75) is 5.41 Å². The molecule has 3 nitrogen and oxygen atoms in total. The second-order valence-electron chi connectivity index (χ2n) is 17.1. The molecular weight excluding hydrogens is 779 g/mol. The molecular formula is C61H37NO2. The molecule has 1 unspecified atom stereocenters. The van der Waals surface area contributed by atoms with E-state index >= 15 is 0 Å². The van der Waals surface area contributed by atoms with Crippen LogP contribution in [-0.4, -0.2) is 0 Å². The van der Waals surface area contributed by atoms with Gasteiger partial charge in [0.25, 0.3) is 0 Å². The number of fused-ring (bicyclic) bond motifs is 19. The number of rotatable bonds is 4. The molecule has 2 aliphatic rings. The molecule has 0 saturated heterocycles. The molecule has 0 N–H and O–H groups in total. The number of hydrogen-bond acceptors (Lipinski definition) is 3. The molecule has 1 spiro atoms. The van der Waals surface area contributed by atoms with E-state index in [1.165, 1.54) is 61.2 Å². The Morgan fingerprint density at radius 2 is 0.906 bits per heavy atom. The van der Waals surface area contributed by atoms with Crippen molar-refractivity contribution in [3.05, 3.63) is 247 Å². The summed E-state index contributed by atoms with van der Waals surface area (Å²) in [6.45, 7) is 0. The van der Waals surface area contributed by atoms with Gasteiger partial charge in [-0.3, -0.25) is 0 Å². The van der Waals surface area contributed by atoms with Crippen LogP contribution >= 0.6 is 0 Å². The van der Waals surface area contributed by atoms with Gasteiger partial charge in [0, 0.05) is 32.9 Å². The topological polar surface area (TPSA) is 29.5 Å². The van der Waals surface area contributed by atoms with Crippen molar-refractivity contribution in [1.82, 2.24) is 0 Å². The van der Waals surface area contributed by atoms with Crippen LogP contribution in [0.5, 0.6) is 0 Å². The van der Waals surface area contributed by atoms with Crippen LogP contribution in [0, 0.1) is 0 Å². The van der Waals surface area contributed by atoms with E-state index in [0.29, 0.717) is 0 Å². The van der Waals surface area contributed by atoms with E-state index in [-0.39, 0.29) is 0 Å². The summed E-state index contributed by atoms with van der Waals surface area (Å²) in [7, 11) is 0. The van der Waals surface area contributed by atoms with Crippen LogP contribution in [-0.2, 0) is 5.41 Å². The van der Waals surface area contributed by atoms with E-state index in [4.69, 9.17) is 8.83 Å². The van der Waals surface area contributed by atoms with Crippen LogP contribution in [0.3, 0.4) is 0 Å². The smallest absolute Gasteiger partial charge is 0.159 e. The monoisotopic (exact) mass is 815 g/mol. The Bertz CT molecular complexity index is 3860. The van der Waals surface area contributed by atoms with Gasteiger partial charge in [0.1, 0.15) is 16.7 Å². The van der Waals surface area contributed by atoms with Crippen molar-refractivity contribution < 1.29 is 8.83 Å². The minimum Gasteiger partial charge on any atom is -0.456 e.